The molecule has 0 aliphatic rings. The molecule has 0 radical (unpaired) electrons. The molecule has 19 heavy (non-hydrogen) atoms. The molecule has 1 unspecified atom stereocenters. The summed E-state index contributed by atoms with van der Waals surface area (Å²) >= 11 is 0. The first kappa shape index (κ1) is 13.7. The minimum Gasteiger partial charge on any atom is -0.305 e. The van der Waals surface area contributed by atoms with E-state index in [1.54, 1.807) is 4.57 Å². The number of benzene rings is 1. The molecule has 0 fully saturated rings. The molecule has 1 atom stereocenters. The molecule has 1 aromatic heterocycles. The Hall–Kier alpha value is -1.68. The summed E-state index contributed by atoms with van der Waals surface area (Å²) in [6.45, 7) is 8.83. The molecule has 102 valence electrons. The lowest BCUT2D eigenvalue weighted by Crippen LogP contribution is -2.33. The lowest BCUT2D eigenvalue weighted by molar-refractivity contribution is 0.462. The molecule has 0 amide bonds. The van der Waals surface area contributed by atoms with Crippen LogP contribution in [0.2, 0.25) is 0 Å². The molecular formula is C15H21N3O. The largest absolute Gasteiger partial charge is 0.305 e. The number of nitrogens with one attached hydrogen (secondary N) is 1. The van der Waals surface area contributed by atoms with E-state index in [9.17, 15) is 4.79 Å². The quantitative estimate of drug-likeness (QED) is 0.917. The van der Waals surface area contributed by atoms with Crippen molar-refractivity contribution in [2.75, 3.05) is 0 Å². The van der Waals surface area contributed by atoms with E-state index >= 15 is 0 Å². The van der Waals surface area contributed by atoms with Gasteiger partial charge in [0, 0.05) is 12.6 Å². The van der Waals surface area contributed by atoms with E-state index in [2.05, 4.69) is 24.1 Å². The van der Waals surface area contributed by atoms with Gasteiger partial charge >= 0.3 is 0 Å². The van der Waals surface area contributed by atoms with E-state index < -0.39 is 0 Å². The summed E-state index contributed by atoms with van der Waals surface area (Å²) in [6, 6.07) is 7.92. The summed E-state index contributed by atoms with van der Waals surface area (Å²) in [5, 5.41) is 4.09. The fourth-order valence-corrected chi connectivity index (χ4v) is 2.40. The Balaban J connectivity index is 2.63. The zero-order valence-electron chi connectivity index (χ0n) is 12.0. The molecule has 0 aliphatic carbocycles. The highest BCUT2D eigenvalue weighted by atomic mass is 16.1. The number of hydrogen-bond acceptors (Lipinski definition) is 3. The topological polar surface area (TPSA) is 46.9 Å². The molecule has 0 saturated heterocycles. The van der Waals surface area contributed by atoms with Crippen molar-refractivity contribution < 1.29 is 0 Å². The molecule has 1 aromatic carbocycles. The third-order valence-corrected chi connectivity index (χ3v) is 3.18. The van der Waals surface area contributed by atoms with Crippen LogP contribution in [-0.4, -0.2) is 15.6 Å². The summed E-state index contributed by atoms with van der Waals surface area (Å²) in [5.41, 5.74) is 0.810. The lowest BCUT2D eigenvalue weighted by atomic mass is 10.2. The lowest BCUT2D eigenvalue weighted by Gasteiger charge is -2.20. The second-order valence-corrected chi connectivity index (χ2v) is 5.08. The Kier molecular flexibility index (Phi) is 4.00. The summed E-state index contributed by atoms with van der Waals surface area (Å²) < 4.78 is 1.75. The smallest absolute Gasteiger partial charge is 0.261 e. The van der Waals surface area contributed by atoms with Gasteiger partial charge in [0.15, 0.2) is 0 Å². The molecule has 4 heteroatoms. The van der Waals surface area contributed by atoms with E-state index in [-0.39, 0.29) is 11.6 Å². The Labute approximate surface area is 113 Å². The number of nitrogens with zero attached hydrogens (tertiary/aromatic N) is 2. The molecule has 0 aliphatic heterocycles. The highest BCUT2D eigenvalue weighted by Crippen LogP contribution is 2.14. The molecule has 2 aromatic rings. The van der Waals surface area contributed by atoms with Crippen molar-refractivity contribution in [3.8, 4) is 0 Å². The average molecular weight is 259 g/mol. The van der Waals surface area contributed by atoms with Crippen LogP contribution in [0.25, 0.3) is 10.9 Å². The zero-order chi connectivity index (χ0) is 14.0. The number of fused-ring (bicyclic) bond motifs is 1. The van der Waals surface area contributed by atoms with Crippen LogP contribution >= 0.6 is 0 Å². The second kappa shape index (κ2) is 5.53. The van der Waals surface area contributed by atoms with E-state index in [0.717, 1.165) is 11.3 Å². The maximum Gasteiger partial charge on any atom is 0.261 e. The summed E-state index contributed by atoms with van der Waals surface area (Å²) in [5.74, 6) is 0.805. The Bertz CT molecular complexity index is 631. The average Bonchev–Trinajstić information content (AvgIpc) is 2.38. The van der Waals surface area contributed by atoms with Gasteiger partial charge in [-0.05, 0) is 26.0 Å². The number of rotatable bonds is 4. The second-order valence-electron chi connectivity index (χ2n) is 5.08. The Morgan fingerprint density at radius 2 is 1.95 bits per heavy atom. The minimum atomic E-state index is 0.0421. The molecule has 0 bridgehead atoms. The third kappa shape index (κ3) is 2.68. The van der Waals surface area contributed by atoms with E-state index in [4.69, 9.17) is 0 Å². The molecular weight excluding hydrogens is 238 g/mol. The minimum absolute atomic E-state index is 0.0421. The van der Waals surface area contributed by atoms with Crippen molar-refractivity contribution in [3.63, 3.8) is 0 Å². The summed E-state index contributed by atoms with van der Waals surface area (Å²) in [6.07, 6.45) is 0. The predicted molar refractivity (Wildman–Crippen MR) is 78.4 cm³/mol. The van der Waals surface area contributed by atoms with Gasteiger partial charge in [-0.2, -0.15) is 0 Å². The third-order valence-electron chi connectivity index (χ3n) is 3.18. The van der Waals surface area contributed by atoms with Crippen LogP contribution in [0, 0.1) is 0 Å². The van der Waals surface area contributed by atoms with Gasteiger partial charge in [-0.25, -0.2) is 4.98 Å². The van der Waals surface area contributed by atoms with Gasteiger partial charge in [0.05, 0.1) is 16.9 Å². The van der Waals surface area contributed by atoms with Crippen molar-refractivity contribution in [2.45, 2.75) is 46.3 Å². The van der Waals surface area contributed by atoms with Gasteiger partial charge in [0.25, 0.3) is 5.56 Å². The van der Waals surface area contributed by atoms with Crippen LogP contribution in [-0.2, 0) is 6.54 Å². The van der Waals surface area contributed by atoms with Gasteiger partial charge < -0.3 is 5.32 Å². The van der Waals surface area contributed by atoms with Crippen molar-refractivity contribution in [2.24, 2.45) is 0 Å². The van der Waals surface area contributed by atoms with Crippen LogP contribution in [0.5, 0.6) is 0 Å². The number of para-hydroxylation sites is 1. The SMILES string of the molecule is CCn1c(C(C)NC(C)C)nc2ccccc2c1=O. The summed E-state index contributed by atoms with van der Waals surface area (Å²) in [4.78, 5) is 17.1. The monoisotopic (exact) mass is 259 g/mol. The van der Waals surface area contributed by atoms with Crippen molar-refractivity contribution in [1.29, 1.82) is 0 Å². The maximum atomic E-state index is 12.5. The van der Waals surface area contributed by atoms with Gasteiger partial charge in [0.2, 0.25) is 0 Å². The standard InChI is InChI=1S/C15H21N3O/c1-5-18-14(11(4)16-10(2)3)17-13-9-7-6-8-12(13)15(18)19/h6-11,16H,5H2,1-4H3. The first-order valence-electron chi connectivity index (χ1n) is 6.80. The van der Waals surface area contributed by atoms with Gasteiger partial charge in [-0.1, -0.05) is 26.0 Å². The molecule has 1 N–H and O–H groups in total. The first-order valence-corrected chi connectivity index (χ1v) is 6.80. The normalized spacial score (nSPS) is 13.1. The Morgan fingerprint density at radius 3 is 2.58 bits per heavy atom. The summed E-state index contributed by atoms with van der Waals surface area (Å²) in [7, 11) is 0. The van der Waals surface area contributed by atoms with Crippen LogP contribution < -0.4 is 10.9 Å². The number of aromatic nitrogens is 2. The fourth-order valence-electron chi connectivity index (χ4n) is 2.40. The first-order chi connectivity index (χ1) is 9.04. The van der Waals surface area contributed by atoms with Gasteiger partial charge in [0.1, 0.15) is 5.82 Å². The van der Waals surface area contributed by atoms with Crippen molar-refractivity contribution in [3.05, 3.63) is 40.4 Å². The molecule has 2 rings (SSSR count). The molecule has 0 saturated carbocycles. The molecule has 4 nitrogen and oxygen atoms in total. The number of hydrogen-bond donors (Lipinski definition) is 1. The maximum absolute atomic E-state index is 12.5. The van der Waals surface area contributed by atoms with E-state index in [1.807, 2.05) is 38.1 Å². The fraction of sp³-hybridized carbons (Fsp3) is 0.467. The van der Waals surface area contributed by atoms with E-state index in [0.29, 0.717) is 18.0 Å². The van der Waals surface area contributed by atoms with Crippen molar-refractivity contribution in [1.82, 2.24) is 14.9 Å². The Morgan fingerprint density at radius 1 is 1.26 bits per heavy atom. The highest BCUT2D eigenvalue weighted by Gasteiger charge is 2.15. The zero-order valence-corrected chi connectivity index (χ0v) is 12.0. The van der Waals surface area contributed by atoms with Gasteiger partial charge in [-0.15, -0.1) is 0 Å². The molecule has 0 spiro atoms. The van der Waals surface area contributed by atoms with Crippen LogP contribution in [0.3, 0.4) is 0 Å². The predicted octanol–water partition coefficient (Wildman–Crippen LogP) is 2.48. The van der Waals surface area contributed by atoms with Gasteiger partial charge in [-0.3, -0.25) is 9.36 Å². The van der Waals surface area contributed by atoms with Crippen molar-refractivity contribution >= 4 is 10.9 Å². The van der Waals surface area contributed by atoms with Crippen LogP contribution in [0.1, 0.15) is 39.6 Å². The highest BCUT2D eigenvalue weighted by molar-refractivity contribution is 5.77. The van der Waals surface area contributed by atoms with E-state index in [1.165, 1.54) is 0 Å². The molecule has 1 heterocycles. The van der Waals surface area contributed by atoms with Crippen LogP contribution in [0.15, 0.2) is 29.1 Å². The van der Waals surface area contributed by atoms with Crippen LogP contribution in [0.4, 0.5) is 0 Å².